The van der Waals surface area contributed by atoms with E-state index < -0.39 is 4.92 Å². The Bertz CT molecular complexity index is 492. The zero-order valence-electron chi connectivity index (χ0n) is 8.60. The van der Waals surface area contributed by atoms with Crippen LogP contribution in [0.1, 0.15) is 6.42 Å². The van der Waals surface area contributed by atoms with Crippen molar-refractivity contribution in [3.05, 3.63) is 32.8 Å². The molecule has 1 atom stereocenters. The lowest BCUT2D eigenvalue weighted by Crippen LogP contribution is -2.27. The number of rotatable bonds is 2. The topological polar surface area (TPSA) is 63.5 Å². The van der Waals surface area contributed by atoms with Crippen molar-refractivity contribution in [2.24, 2.45) is 0 Å². The molecular formula is C10H8Br2N2O3. The van der Waals surface area contributed by atoms with E-state index in [2.05, 4.69) is 31.9 Å². The van der Waals surface area contributed by atoms with Crippen LogP contribution in [-0.4, -0.2) is 22.2 Å². The highest BCUT2D eigenvalue weighted by atomic mass is 79.9. The quantitative estimate of drug-likeness (QED) is 0.461. The summed E-state index contributed by atoms with van der Waals surface area (Å²) in [6.45, 7) is 0.577. The molecule has 1 aromatic carbocycles. The van der Waals surface area contributed by atoms with Crippen molar-refractivity contribution in [1.82, 2.24) is 0 Å². The molecule has 0 spiro atoms. The third-order valence-electron chi connectivity index (χ3n) is 2.58. The maximum absolute atomic E-state index is 11.8. The van der Waals surface area contributed by atoms with Crippen LogP contribution in [0.25, 0.3) is 0 Å². The van der Waals surface area contributed by atoms with Gasteiger partial charge in [0.25, 0.3) is 5.69 Å². The monoisotopic (exact) mass is 362 g/mol. The molecule has 1 aliphatic heterocycles. The number of carbonyl (C=O) groups excluding carboxylic acids is 1. The van der Waals surface area contributed by atoms with Gasteiger partial charge in [-0.1, -0.05) is 15.9 Å². The lowest BCUT2D eigenvalue weighted by molar-refractivity contribution is -0.385. The predicted octanol–water partition coefficient (Wildman–Crippen LogP) is 2.86. The standard InChI is InChI=1S/C10H8Br2N2O3/c11-7-2-1-6(5-9(7)14(16)17)13-4-3-8(12)10(13)15/h1-2,5,8H,3-4H2. The highest BCUT2D eigenvalue weighted by molar-refractivity contribution is 9.10. The Morgan fingerprint density at radius 1 is 1.47 bits per heavy atom. The first-order valence-electron chi connectivity index (χ1n) is 4.90. The van der Waals surface area contributed by atoms with E-state index in [1.807, 2.05) is 0 Å². The number of anilines is 1. The number of hydrogen-bond acceptors (Lipinski definition) is 3. The number of nitrogens with zero attached hydrogens (tertiary/aromatic N) is 2. The molecular weight excluding hydrogens is 356 g/mol. The summed E-state index contributed by atoms with van der Waals surface area (Å²) < 4.78 is 0.410. The summed E-state index contributed by atoms with van der Waals surface area (Å²) in [6, 6.07) is 4.69. The number of nitro groups is 1. The van der Waals surface area contributed by atoms with Gasteiger partial charge in [-0.2, -0.15) is 0 Å². The molecule has 1 heterocycles. The van der Waals surface area contributed by atoms with Crippen molar-refractivity contribution >= 4 is 49.1 Å². The average molecular weight is 364 g/mol. The van der Waals surface area contributed by atoms with Crippen LogP contribution < -0.4 is 4.90 Å². The lowest BCUT2D eigenvalue weighted by atomic mass is 10.2. The third-order valence-corrected chi connectivity index (χ3v) is 4.10. The molecule has 7 heteroatoms. The zero-order chi connectivity index (χ0) is 12.6. The fraction of sp³-hybridized carbons (Fsp3) is 0.300. The van der Waals surface area contributed by atoms with E-state index in [4.69, 9.17) is 0 Å². The van der Waals surface area contributed by atoms with E-state index in [0.717, 1.165) is 0 Å². The SMILES string of the molecule is O=C1C(Br)CCN1c1ccc(Br)c([N+](=O)[O-])c1. The van der Waals surface area contributed by atoms with Gasteiger partial charge < -0.3 is 4.90 Å². The Morgan fingerprint density at radius 2 is 2.18 bits per heavy atom. The van der Waals surface area contributed by atoms with E-state index in [0.29, 0.717) is 23.1 Å². The predicted molar refractivity (Wildman–Crippen MR) is 70.5 cm³/mol. The van der Waals surface area contributed by atoms with Crippen LogP contribution in [0.15, 0.2) is 22.7 Å². The normalized spacial score (nSPS) is 19.8. The van der Waals surface area contributed by atoms with Crippen LogP contribution in [-0.2, 0) is 4.79 Å². The summed E-state index contributed by atoms with van der Waals surface area (Å²) >= 11 is 6.38. The third kappa shape index (κ3) is 2.35. The number of nitro benzene ring substituents is 1. The summed E-state index contributed by atoms with van der Waals surface area (Å²) in [4.78, 5) is 23.5. The number of carbonyl (C=O) groups is 1. The molecule has 90 valence electrons. The molecule has 0 bridgehead atoms. The van der Waals surface area contributed by atoms with Gasteiger partial charge in [0, 0.05) is 12.6 Å². The first-order chi connectivity index (χ1) is 8.00. The largest absolute Gasteiger partial charge is 0.311 e. The van der Waals surface area contributed by atoms with Gasteiger partial charge in [0.15, 0.2) is 0 Å². The van der Waals surface area contributed by atoms with Crippen molar-refractivity contribution in [2.45, 2.75) is 11.2 Å². The second-order valence-corrected chi connectivity index (χ2v) is 5.60. The molecule has 17 heavy (non-hydrogen) atoms. The molecule has 0 aliphatic carbocycles. The summed E-state index contributed by atoms with van der Waals surface area (Å²) in [5.74, 6) is -0.0541. The Balaban J connectivity index is 2.37. The van der Waals surface area contributed by atoms with E-state index in [-0.39, 0.29) is 16.4 Å². The maximum Gasteiger partial charge on any atom is 0.285 e. The number of amides is 1. The fourth-order valence-corrected chi connectivity index (χ4v) is 2.55. The number of halogens is 2. The number of hydrogen-bond donors (Lipinski definition) is 0. The molecule has 0 N–H and O–H groups in total. The Morgan fingerprint density at radius 3 is 2.71 bits per heavy atom. The average Bonchev–Trinajstić information content (AvgIpc) is 2.60. The molecule has 2 rings (SSSR count). The highest BCUT2D eigenvalue weighted by Crippen LogP contribution is 2.32. The minimum Gasteiger partial charge on any atom is -0.311 e. The maximum atomic E-state index is 11.8. The summed E-state index contributed by atoms with van der Waals surface area (Å²) in [5.41, 5.74) is 0.528. The van der Waals surface area contributed by atoms with E-state index in [9.17, 15) is 14.9 Å². The second kappa shape index (κ2) is 4.73. The molecule has 1 aliphatic rings. The second-order valence-electron chi connectivity index (χ2n) is 3.64. The van der Waals surface area contributed by atoms with Gasteiger partial charge >= 0.3 is 0 Å². The van der Waals surface area contributed by atoms with Crippen LogP contribution in [0.2, 0.25) is 0 Å². The van der Waals surface area contributed by atoms with Gasteiger partial charge in [-0.3, -0.25) is 14.9 Å². The molecule has 0 radical (unpaired) electrons. The van der Waals surface area contributed by atoms with E-state index >= 15 is 0 Å². The van der Waals surface area contributed by atoms with Crippen molar-refractivity contribution in [3.8, 4) is 0 Å². The molecule has 0 aromatic heterocycles. The van der Waals surface area contributed by atoms with Crippen LogP contribution in [0.4, 0.5) is 11.4 Å². The molecule has 1 unspecified atom stereocenters. The van der Waals surface area contributed by atoms with Crippen molar-refractivity contribution in [3.63, 3.8) is 0 Å². The van der Waals surface area contributed by atoms with E-state index in [1.165, 1.54) is 6.07 Å². The zero-order valence-corrected chi connectivity index (χ0v) is 11.8. The minimum absolute atomic E-state index is 0.0340. The van der Waals surface area contributed by atoms with Gasteiger partial charge in [-0.15, -0.1) is 0 Å². The Kier molecular flexibility index (Phi) is 3.48. The molecule has 1 fully saturated rings. The fourth-order valence-electron chi connectivity index (χ4n) is 1.71. The minimum atomic E-state index is -0.472. The van der Waals surface area contributed by atoms with Crippen molar-refractivity contribution < 1.29 is 9.72 Å². The van der Waals surface area contributed by atoms with Crippen LogP contribution in [0.5, 0.6) is 0 Å². The molecule has 1 saturated heterocycles. The van der Waals surface area contributed by atoms with Crippen LogP contribution >= 0.6 is 31.9 Å². The molecule has 5 nitrogen and oxygen atoms in total. The molecule has 0 saturated carbocycles. The summed E-state index contributed by atoms with van der Waals surface area (Å²) in [6.07, 6.45) is 0.711. The van der Waals surface area contributed by atoms with Crippen LogP contribution in [0, 0.1) is 10.1 Å². The Labute approximate surface area is 114 Å². The Hall–Kier alpha value is -0.950. The van der Waals surface area contributed by atoms with Gasteiger partial charge in [-0.25, -0.2) is 0 Å². The van der Waals surface area contributed by atoms with Gasteiger partial charge in [-0.05, 0) is 34.5 Å². The summed E-state index contributed by atoms with van der Waals surface area (Å²) in [7, 11) is 0. The van der Waals surface area contributed by atoms with E-state index in [1.54, 1.807) is 17.0 Å². The molecule has 1 amide bonds. The smallest absolute Gasteiger partial charge is 0.285 e. The van der Waals surface area contributed by atoms with Gasteiger partial charge in [0.1, 0.15) is 0 Å². The van der Waals surface area contributed by atoms with Crippen molar-refractivity contribution in [2.75, 3.05) is 11.4 Å². The number of benzene rings is 1. The first kappa shape index (κ1) is 12.5. The van der Waals surface area contributed by atoms with Gasteiger partial charge in [0.05, 0.1) is 19.9 Å². The van der Waals surface area contributed by atoms with Crippen molar-refractivity contribution in [1.29, 1.82) is 0 Å². The summed E-state index contributed by atoms with van der Waals surface area (Å²) in [5, 5.41) is 10.8. The highest BCUT2D eigenvalue weighted by Gasteiger charge is 2.31. The van der Waals surface area contributed by atoms with Gasteiger partial charge in [0.2, 0.25) is 5.91 Å². The van der Waals surface area contributed by atoms with Crippen LogP contribution in [0.3, 0.4) is 0 Å². The first-order valence-corrected chi connectivity index (χ1v) is 6.61. The number of alkyl halides is 1. The molecule has 1 aromatic rings. The lowest BCUT2D eigenvalue weighted by Gasteiger charge is -2.15.